The molecular weight excluding hydrogens is 262 g/mol. The van der Waals surface area contributed by atoms with Gasteiger partial charge in [-0.05, 0) is 23.8 Å². The number of hydrogen-bond acceptors (Lipinski definition) is 3. The summed E-state index contributed by atoms with van der Waals surface area (Å²) in [6, 6.07) is 12.4. The molecule has 0 bridgehead atoms. The third-order valence-corrected chi connectivity index (χ3v) is 2.56. The summed E-state index contributed by atoms with van der Waals surface area (Å²) in [5.41, 5.74) is 1.57. The minimum Gasteiger partial charge on any atom is -0.391 e. The van der Waals surface area contributed by atoms with Crippen LogP contribution in [0.5, 0.6) is 0 Å². The van der Waals surface area contributed by atoms with Gasteiger partial charge in [0.15, 0.2) is 11.6 Å². The highest BCUT2D eigenvalue weighted by molar-refractivity contribution is 5.82. The fraction of sp³-hybridized carbons (Fsp3) is 0.0667. The zero-order valence-electron chi connectivity index (χ0n) is 10.4. The third kappa shape index (κ3) is 3.39. The number of benzene rings is 2. The van der Waals surface area contributed by atoms with Crippen LogP contribution in [0.1, 0.15) is 16.7 Å². The summed E-state index contributed by atoms with van der Waals surface area (Å²) in [4.78, 5) is 4.99. The molecule has 0 aliphatic carbocycles. The van der Waals surface area contributed by atoms with Crippen LogP contribution in [0, 0.1) is 23.0 Å². The molecule has 0 saturated carbocycles. The Kier molecular flexibility index (Phi) is 4.40. The molecule has 2 rings (SSSR count). The normalized spacial score (nSPS) is 10.4. The molecule has 5 heteroatoms. The van der Waals surface area contributed by atoms with Crippen molar-refractivity contribution in [2.24, 2.45) is 5.16 Å². The van der Waals surface area contributed by atoms with E-state index in [1.807, 2.05) is 6.07 Å². The van der Waals surface area contributed by atoms with Crippen LogP contribution in [0.3, 0.4) is 0 Å². The minimum absolute atomic E-state index is 0.0163. The van der Waals surface area contributed by atoms with Crippen LogP contribution in [0.4, 0.5) is 8.78 Å². The number of rotatable bonds is 4. The van der Waals surface area contributed by atoms with E-state index in [9.17, 15) is 8.78 Å². The summed E-state index contributed by atoms with van der Waals surface area (Å²) >= 11 is 0. The van der Waals surface area contributed by atoms with Crippen molar-refractivity contribution in [2.75, 3.05) is 0 Å². The molecule has 0 spiro atoms. The lowest BCUT2D eigenvalue weighted by Gasteiger charge is -2.01. The first-order valence-corrected chi connectivity index (χ1v) is 5.79. The largest absolute Gasteiger partial charge is 0.391 e. The highest BCUT2D eigenvalue weighted by Crippen LogP contribution is 2.10. The smallest absolute Gasteiger partial charge is 0.159 e. The second-order valence-electron chi connectivity index (χ2n) is 3.96. The summed E-state index contributed by atoms with van der Waals surface area (Å²) in [7, 11) is 0. The lowest BCUT2D eigenvalue weighted by molar-refractivity contribution is 0.132. The Balaban J connectivity index is 1.97. The standard InChI is InChI=1S/C15H10F2N2O/c16-14-6-5-11(7-15(14)17)10-20-19-9-13-4-2-1-3-12(13)8-18/h1-7,9H,10H2. The molecule has 0 atom stereocenters. The van der Waals surface area contributed by atoms with Gasteiger partial charge < -0.3 is 4.84 Å². The summed E-state index contributed by atoms with van der Waals surface area (Å²) in [6.45, 7) is 0.0163. The maximum Gasteiger partial charge on any atom is 0.159 e. The van der Waals surface area contributed by atoms with Crippen molar-refractivity contribution in [1.82, 2.24) is 0 Å². The summed E-state index contributed by atoms with van der Waals surface area (Å²) in [5, 5.41) is 12.6. The molecule has 2 aromatic rings. The predicted octanol–water partition coefficient (Wildman–Crippen LogP) is 3.39. The molecule has 0 heterocycles. The number of nitrogens with zero attached hydrogens (tertiary/aromatic N) is 2. The van der Waals surface area contributed by atoms with Gasteiger partial charge in [-0.25, -0.2) is 8.78 Å². The van der Waals surface area contributed by atoms with E-state index in [0.29, 0.717) is 16.7 Å². The van der Waals surface area contributed by atoms with Gasteiger partial charge in [0, 0.05) is 5.56 Å². The summed E-state index contributed by atoms with van der Waals surface area (Å²) < 4.78 is 25.7. The lowest BCUT2D eigenvalue weighted by atomic mass is 10.1. The first kappa shape index (κ1) is 13.7. The van der Waals surface area contributed by atoms with Gasteiger partial charge in [-0.3, -0.25) is 0 Å². The van der Waals surface area contributed by atoms with E-state index in [-0.39, 0.29) is 6.61 Å². The first-order chi connectivity index (χ1) is 9.70. The van der Waals surface area contributed by atoms with Crippen molar-refractivity contribution < 1.29 is 13.6 Å². The Morgan fingerprint density at radius 1 is 1.15 bits per heavy atom. The van der Waals surface area contributed by atoms with Crippen molar-refractivity contribution in [3.63, 3.8) is 0 Å². The molecule has 0 aliphatic heterocycles. The Hall–Kier alpha value is -2.74. The molecule has 2 aromatic carbocycles. The van der Waals surface area contributed by atoms with E-state index in [1.165, 1.54) is 12.3 Å². The Morgan fingerprint density at radius 3 is 2.70 bits per heavy atom. The SMILES string of the molecule is N#Cc1ccccc1C=NOCc1ccc(F)c(F)c1. The maximum atomic E-state index is 12.9. The third-order valence-electron chi connectivity index (χ3n) is 2.56. The average Bonchev–Trinajstić information content (AvgIpc) is 2.47. The van der Waals surface area contributed by atoms with E-state index < -0.39 is 11.6 Å². The van der Waals surface area contributed by atoms with E-state index in [0.717, 1.165) is 12.1 Å². The zero-order chi connectivity index (χ0) is 14.4. The van der Waals surface area contributed by atoms with Gasteiger partial charge in [0.25, 0.3) is 0 Å². The van der Waals surface area contributed by atoms with E-state index in [1.54, 1.807) is 24.3 Å². The molecule has 0 amide bonds. The van der Waals surface area contributed by atoms with E-state index in [4.69, 9.17) is 10.1 Å². The van der Waals surface area contributed by atoms with Crippen molar-refractivity contribution in [3.05, 3.63) is 70.8 Å². The number of oxime groups is 1. The second-order valence-corrected chi connectivity index (χ2v) is 3.96. The van der Waals surface area contributed by atoms with Crippen LogP contribution in [-0.2, 0) is 11.4 Å². The van der Waals surface area contributed by atoms with E-state index >= 15 is 0 Å². The molecule has 0 fully saturated rings. The number of nitriles is 1. The fourth-order valence-corrected chi connectivity index (χ4v) is 1.55. The molecule has 3 nitrogen and oxygen atoms in total. The molecule has 0 N–H and O–H groups in total. The van der Waals surface area contributed by atoms with Gasteiger partial charge in [-0.1, -0.05) is 29.4 Å². The van der Waals surface area contributed by atoms with Gasteiger partial charge in [0.05, 0.1) is 17.8 Å². The molecule has 0 aromatic heterocycles. The van der Waals surface area contributed by atoms with Gasteiger partial charge in [-0.15, -0.1) is 0 Å². The quantitative estimate of drug-likeness (QED) is 0.632. The van der Waals surface area contributed by atoms with Crippen LogP contribution in [0.2, 0.25) is 0 Å². The summed E-state index contributed by atoms with van der Waals surface area (Å²) in [6.07, 6.45) is 1.40. The molecule has 100 valence electrons. The first-order valence-electron chi connectivity index (χ1n) is 5.79. The van der Waals surface area contributed by atoms with Gasteiger partial charge in [0.2, 0.25) is 0 Å². The molecule has 0 unspecified atom stereocenters. The Labute approximate surface area is 114 Å². The highest BCUT2D eigenvalue weighted by atomic mass is 19.2. The van der Waals surface area contributed by atoms with Crippen molar-refractivity contribution in [2.45, 2.75) is 6.61 Å². The molecule has 0 aliphatic rings. The number of halogens is 2. The number of hydrogen-bond donors (Lipinski definition) is 0. The van der Waals surface area contributed by atoms with Crippen LogP contribution in [0.25, 0.3) is 0 Å². The molecule has 0 radical (unpaired) electrons. The molecule has 0 saturated heterocycles. The fourth-order valence-electron chi connectivity index (χ4n) is 1.55. The van der Waals surface area contributed by atoms with Gasteiger partial charge in [-0.2, -0.15) is 5.26 Å². The predicted molar refractivity (Wildman–Crippen MR) is 69.9 cm³/mol. The Bertz CT molecular complexity index is 678. The maximum absolute atomic E-state index is 12.9. The van der Waals surface area contributed by atoms with Crippen molar-refractivity contribution >= 4 is 6.21 Å². The molecular formula is C15H10F2N2O. The van der Waals surface area contributed by atoms with Crippen LogP contribution < -0.4 is 0 Å². The highest BCUT2D eigenvalue weighted by Gasteiger charge is 2.02. The van der Waals surface area contributed by atoms with Gasteiger partial charge in [0.1, 0.15) is 6.61 Å². The van der Waals surface area contributed by atoms with Crippen LogP contribution in [0.15, 0.2) is 47.6 Å². The van der Waals surface area contributed by atoms with Gasteiger partial charge >= 0.3 is 0 Å². The summed E-state index contributed by atoms with van der Waals surface area (Å²) in [5.74, 6) is -1.83. The lowest BCUT2D eigenvalue weighted by Crippen LogP contribution is -1.92. The topological polar surface area (TPSA) is 45.4 Å². The Morgan fingerprint density at radius 2 is 1.95 bits per heavy atom. The minimum atomic E-state index is -0.926. The average molecular weight is 272 g/mol. The van der Waals surface area contributed by atoms with E-state index in [2.05, 4.69) is 5.16 Å². The monoisotopic (exact) mass is 272 g/mol. The van der Waals surface area contributed by atoms with Crippen molar-refractivity contribution in [3.8, 4) is 6.07 Å². The second kappa shape index (κ2) is 6.43. The van der Waals surface area contributed by atoms with Crippen LogP contribution >= 0.6 is 0 Å². The van der Waals surface area contributed by atoms with Crippen molar-refractivity contribution in [1.29, 1.82) is 5.26 Å². The van der Waals surface area contributed by atoms with Crippen LogP contribution in [-0.4, -0.2) is 6.21 Å². The molecule has 20 heavy (non-hydrogen) atoms. The zero-order valence-corrected chi connectivity index (χ0v) is 10.4.